The molecule has 0 aliphatic carbocycles. The van der Waals surface area contributed by atoms with E-state index < -0.39 is 0 Å². The van der Waals surface area contributed by atoms with E-state index in [4.69, 9.17) is 4.74 Å². The van der Waals surface area contributed by atoms with Crippen LogP contribution in [0, 0.1) is 0 Å². The zero-order valence-electron chi connectivity index (χ0n) is 13.9. The highest BCUT2D eigenvalue weighted by molar-refractivity contribution is 7.99. The lowest BCUT2D eigenvalue weighted by Gasteiger charge is -2.28. The van der Waals surface area contributed by atoms with Crippen LogP contribution in [0.2, 0.25) is 0 Å². The molecule has 1 N–H and O–H groups in total. The summed E-state index contributed by atoms with van der Waals surface area (Å²) in [6.45, 7) is 2.57. The maximum atomic E-state index is 12.8. The summed E-state index contributed by atoms with van der Waals surface area (Å²) in [6, 6.07) is 9.41. The van der Waals surface area contributed by atoms with Gasteiger partial charge in [0.25, 0.3) is 0 Å². The molecule has 2 amide bonds. The Balaban J connectivity index is 1.74. The van der Waals surface area contributed by atoms with Crippen molar-refractivity contribution in [2.75, 3.05) is 18.2 Å². The summed E-state index contributed by atoms with van der Waals surface area (Å²) >= 11 is 1.63. The van der Waals surface area contributed by atoms with Gasteiger partial charge in [0.15, 0.2) is 0 Å². The largest absolute Gasteiger partial charge is 0.376 e. The Morgan fingerprint density at radius 2 is 2.17 bits per heavy atom. The van der Waals surface area contributed by atoms with Crippen LogP contribution in [0.5, 0.6) is 0 Å². The number of nitrogens with one attached hydrogen (secondary N) is 1. The third kappa shape index (κ3) is 3.75. The Bertz CT molecular complexity index is 575. The fraction of sp³-hybridized carbons (Fsp3) is 0.556. The first kappa shape index (κ1) is 17.3. The second-order valence-electron chi connectivity index (χ2n) is 6.18. The topological polar surface area (TPSA) is 58.6 Å². The third-order valence-corrected chi connectivity index (χ3v) is 5.61. The lowest BCUT2D eigenvalue weighted by atomic mass is 9.99. The van der Waals surface area contributed by atoms with Crippen LogP contribution in [0.4, 0.5) is 0 Å². The normalized spacial score (nSPS) is 24.8. The van der Waals surface area contributed by atoms with E-state index in [0.717, 1.165) is 25.0 Å². The molecule has 2 fully saturated rings. The van der Waals surface area contributed by atoms with Gasteiger partial charge in [-0.1, -0.05) is 37.3 Å². The van der Waals surface area contributed by atoms with Gasteiger partial charge in [0.05, 0.1) is 18.0 Å². The second-order valence-corrected chi connectivity index (χ2v) is 7.18. The van der Waals surface area contributed by atoms with Gasteiger partial charge in [0.1, 0.15) is 6.04 Å². The van der Waals surface area contributed by atoms with Gasteiger partial charge in [0, 0.05) is 18.8 Å². The third-order valence-electron chi connectivity index (χ3n) is 4.60. The van der Waals surface area contributed by atoms with Crippen LogP contribution in [0.15, 0.2) is 30.3 Å². The first-order valence-corrected chi connectivity index (χ1v) is 9.70. The molecule has 130 valence electrons. The number of benzene rings is 1. The van der Waals surface area contributed by atoms with Crippen molar-refractivity contribution in [2.24, 2.45) is 0 Å². The molecular formula is C18H24N2O3S. The van der Waals surface area contributed by atoms with Gasteiger partial charge in [-0.05, 0) is 18.4 Å². The van der Waals surface area contributed by atoms with E-state index in [9.17, 15) is 9.59 Å². The molecule has 3 atom stereocenters. The maximum absolute atomic E-state index is 12.8. The van der Waals surface area contributed by atoms with Crippen molar-refractivity contribution in [3.05, 3.63) is 35.9 Å². The van der Waals surface area contributed by atoms with E-state index in [1.54, 1.807) is 16.7 Å². The number of rotatable bonds is 5. The van der Waals surface area contributed by atoms with Gasteiger partial charge in [-0.25, -0.2) is 0 Å². The molecule has 3 rings (SSSR count). The molecule has 0 bridgehead atoms. The summed E-state index contributed by atoms with van der Waals surface area (Å²) in [4.78, 5) is 26.6. The molecule has 1 aromatic rings. The minimum Gasteiger partial charge on any atom is -0.376 e. The monoisotopic (exact) mass is 348 g/mol. The minimum atomic E-state index is -0.380. The molecule has 2 aliphatic heterocycles. The highest BCUT2D eigenvalue weighted by Crippen LogP contribution is 2.28. The molecule has 0 saturated carbocycles. The van der Waals surface area contributed by atoms with Crippen LogP contribution >= 0.6 is 11.8 Å². The van der Waals surface area contributed by atoms with Crippen LogP contribution in [0.3, 0.4) is 0 Å². The molecule has 0 radical (unpaired) electrons. The summed E-state index contributed by atoms with van der Waals surface area (Å²) in [7, 11) is 0. The maximum Gasteiger partial charge on any atom is 0.244 e. The van der Waals surface area contributed by atoms with Crippen molar-refractivity contribution in [2.45, 2.75) is 44.4 Å². The number of hydrogen-bond acceptors (Lipinski definition) is 4. The van der Waals surface area contributed by atoms with Crippen molar-refractivity contribution in [3.63, 3.8) is 0 Å². The Morgan fingerprint density at radius 1 is 1.38 bits per heavy atom. The highest BCUT2D eigenvalue weighted by atomic mass is 32.2. The Labute approximate surface area is 147 Å². The van der Waals surface area contributed by atoms with Crippen molar-refractivity contribution < 1.29 is 14.3 Å². The molecule has 0 spiro atoms. The number of nitrogens with zero attached hydrogens (tertiary/aromatic N) is 1. The Hall–Kier alpha value is -1.53. The van der Waals surface area contributed by atoms with Crippen LogP contribution in [0.25, 0.3) is 0 Å². The number of carbonyl (C=O) groups is 2. The molecule has 6 heteroatoms. The van der Waals surface area contributed by atoms with Crippen LogP contribution in [-0.2, 0) is 14.3 Å². The second kappa shape index (κ2) is 8.03. The standard InChI is InChI=1S/C18H24N2O3S/c1-2-16(21)20-12-24-11-14(20)18(22)19-17(15-9-6-10-23-15)13-7-4-3-5-8-13/h3-5,7-8,14-15,17H,2,6,9-12H2,1H3,(H,19,22)/t14-,15+,17-/m1/s1. The first-order chi connectivity index (χ1) is 11.7. The number of amides is 2. The number of thioether (sulfide) groups is 1. The van der Waals surface area contributed by atoms with Crippen molar-refractivity contribution >= 4 is 23.6 Å². The van der Waals surface area contributed by atoms with Gasteiger partial charge in [0.2, 0.25) is 11.8 Å². The van der Waals surface area contributed by atoms with Crippen molar-refractivity contribution in [1.29, 1.82) is 0 Å². The summed E-state index contributed by atoms with van der Waals surface area (Å²) in [5, 5.41) is 3.15. The molecule has 5 nitrogen and oxygen atoms in total. The summed E-state index contributed by atoms with van der Waals surface area (Å²) in [6.07, 6.45) is 2.39. The lowest BCUT2D eigenvalue weighted by Crippen LogP contribution is -2.49. The van der Waals surface area contributed by atoms with E-state index in [0.29, 0.717) is 18.1 Å². The smallest absolute Gasteiger partial charge is 0.244 e. The fourth-order valence-electron chi connectivity index (χ4n) is 3.27. The predicted octanol–water partition coefficient (Wildman–Crippen LogP) is 2.33. The molecule has 2 aliphatic rings. The highest BCUT2D eigenvalue weighted by Gasteiger charge is 2.37. The molecule has 0 unspecified atom stereocenters. The van der Waals surface area contributed by atoms with Gasteiger partial charge in [-0.3, -0.25) is 9.59 Å². The van der Waals surface area contributed by atoms with Crippen LogP contribution in [-0.4, -0.2) is 47.1 Å². The van der Waals surface area contributed by atoms with E-state index >= 15 is 0 Å². The van der Waals surface area contributed by atoms with Gasteiger partial charge < -0.3 is 15.0 Å². The fourth-order valence-corrected chi connectivity index (χ4v) is 4.46. The molecule has 2 heterocycles. The van der Waals surface area contributed by atoms with E-state index in [2.05, 4.69) is 5.32 Å². The van der Waals surface area contributed by atoms with Crippen molar-refractivity contribution in [3.8, 4) is 0 Å². The summed E-state index contributed by atoms with van der Waals surface area (Å²) < 4.78 is 5.83. The minimum absolute atomic E-state index is 0.000679. The zero-order valence-corrected chi connectivity index (χ0v) is 14.8. The summed E-state index contributed by atoms with van der Waals surface area (Å²) in [5.74, 6) is 1.21. The lowest BCUT2D eigenvalue weighted by molar-refractivity contribution is -0.138. The predicted molar refractivity (Wildman–Crippen MR) is 94.5 cm³/mol. The van der Waals surface area contributed by atoms with E-state index in [1.807, 2.05) is 37.3 Å². The van der Waals surface area contributed by atoms with E-state index in [-0.39, 0.29) is 30.0 Å². The van der Waals surface area contributed by atoms with Crippen LogP contribution < -0.4 is 5.32 Å². The summed E-state index contributed by atoms with van der Waals surface area (Å²) in [5.41, 5.74) is 1.05. The Kier molecular flexibility index (Phi) is 5.79. The number of hydrogen-bond donors (Lipinski definition) is 1. The molecular weight excluding hydrogens is 324 g/mol. The zero-order chi connectivity index (χ0) is 16.9. The molecule has 0 aromatic heterocycles. The average molecular weight is 348 g/mol. The Morgan fingerprint density at radius 3 is 2.83 bits per heavy atom. The quantitative estimate of drug-likeness (QED) is 0.887. The number of carbonyl (C=O) groups excluding carboxylic acids is 2. The van der Waals surface area contributed by atoms with Crippen molar-refractivity contribution in [1.82, 2.24) is 10.2 Å². The molecule has 1 aromatic carbocycles. The average Bonchev–Trinajstić information content (AvgIpc) is 3.31. The van der Waals surface area contributed by atoms with E-state index in [1.165, 1.54) is 0 Å². The SMILES string of the molecule is CCC(=O)N1CSC[C@@H]1C(=O)N[C@H](c1ccccc1)[C@@H]1CCCO1. The first-order valence-electron chi connectivity index (χ1n) is 8.55. The van der Waals surface area contributed by atoms with Gasteiger partial charge in [-0.15, -0.1) is 11.8 Å². The van der Waals surface area contributed by atoms with Crippen LogP contribution in [0.1, 0.15) is 37.8 Å². The molecule has 2 saturated heterocycles. The van der Waals surface area contributed by atoms with Gasteiger partial charge >= 0.3 is 0 Å². The number of ether oxygens (including phenoxy) is 1. The van der Waals surface area contributed by atoms with Gasteiger partial charge in [-0.2, -0.15) is 0 Å². The molecule has 24 heavy (non-hydrogen) atoms.